The second-order valence-electron chi connectivity index (χ2n) is 6.31. The third kappa shape index (κ3) is 4.17. The van der Waals surface area contributed by atoms with Crippen molar-refractivity contribution in [3.05, 3.63) is 17.1 Å². The summed E-state index contributed by atoms with van der Waals surface area (Å²) in [6, 6.07) is -0.177. The number of carbonyl (C=O) groups is 1. The zero-order valence-electron chi connectivity index (χ0n) is 14.5. The summed E-state index contributed by atoms with van der Waals surface area (Å²) in [5.41, 5.74) is -0.277. The normalized spacial score (nSPS) is 17.3. The first-order valence-corrected chi connectivity index (χ1v) is 9.82. The summed E-state index contributed by atoms with van der Waals surface area (Å²) in [5.74, 6) is -1.08. The molecule has 2 rings (SSSR count). The molecule has 0 atom stereocenters. The molecule has 2 heterocycles. The van der Waals surface area contributed by atoms with Gasteiger partial charge in [0.05, 0.1) is 0 Å². The van der Waals surface area contributed by atoms with Crippen LogP contribution in [0.3, 0.4) is 0 Å². The standard InChI is InChI=1S/C16H26N2O5S/c1-4-5-8-18-9-6-13(7-10-18)17-24(21,22)15-12(3)23-11(2)14(15)16(19)20/h13,17H,4-10H2,1-3H3,(H,19,20). The number of piperidine rings is 1. The smallest absolute Gasteiger partial charge is 0.340 e. The van der Waals surface area contributed by atoms with Crippen LogP contribution < -0.4 is 4.72 Å². The van der Waals surface area contributed by atoms with Gasteiger partial charge in [0, 0.05) is 6.04 Å². The molecule has 7 nitrogen and oxygen atoms in total. The van der Waals surface area contributed by atoms with Crippen LogP contribution in [-0.4, -0.2) is 50.1 Å². The molecule has 8 heteroatoms. The van der Waals surface area contributed by atoms with Crippen molar-refractivity contribution in [3.63, 3.8) is 0 Å². The van der Waals surface area contributed by atoms with E-state index in [0.29, 0.717) is 0 Å². The molecule has 1 aromatic heterocycles. The van der Waals surface area contributed by atoms with Gasteiger partial charge >= 0.3 is 5.97 Å². The molecule has 0 saturated carbocycles. The Balaban J connectivity index is 2.09. The van der Waals surface area contributed by atoms with Crippen LogP contribution in [-0.2, 0) is 10.0 Å². The van der Waals surface area contributed by atoms with Crippen molar-refractivity contribution in [2.24, 2.45) is 0 Å². The van der Waals surface area contributed by atoms with Crippen LogP contribution in [0.1, 0.15) is 54.5 Å². The van der Waals surface area contributed by atoms with Crippen molar-refractivity contribution >= 4 is 16.0 Å². The van der Waals surface area contributed by atoms with Crippen molar-refractivity contribution in [2.45, 2.75) is 57.4 Å². The average Bonchev–Trinajstić information content (AvgIpc) is 2.81. The average molecular weight is 358 g/mol. The number of carboxylic acid groups (broad SMARTS) is 1. The van der Waals surface area contributed by atoms with Crippen LogP contribution in [0.2, 0.25) is 0 Å². The SMILES string of the molecule is CCCCN1CCC(NS(=O)(=O)c2c(C)oc(C)c2C(=O)O)CC1. The largest absolute Gasteiger partial charge is 0.478 e. The van der Waals surface area contributed by atoms with Crippen LogP contribution in [0.15, 0.2) is 9.31 Å². The molecule has 1 aromatic rings. The molecule has 0 aromatic carbocycles. The molecule has 0 spiro atoms. The Morgan fingerprint density at radius 1 is 1.29 bits per heavy atom. The lowest BCUT2D eigenvalue weighted by Gasteiger charge is -2.32. The molecule has 1 saturated heterocycles. The summed E-state index contributed by atoms with van der Waals surface area (Å²) in [4.78, 5) is 13.5. The van der Waals surface area contributed by atoms with Gasteiger partial charge in [0.2, 0.25) is 10.0 Å². The Bertz CT molecular complexity index is 688. The molecule has 0 unspecified atom stereocenters. The highest BCUT2D eigenvalue weighted by atomic mass is 32.2. The predicted octanol–water partition coefficient (Wildman–Crippen LogP) is 2.14. The van der Waals surface area contributed by atoms with Crippen LogP contribution in [0.4, 0.5) is 0 Å². The van der Waals surface area contributed by atoms with E-state index in [0.717, 1.165) is 45.3 Å². The van der Waals surface area contributed by atoms with Crippen molar-refractivity contribution in [3.8, 4) is 0 Å². The molecule has 0 aliphatic carbocycles. The number of nitrogens with zero attached hydrogens (tertiary/aromatic N) is 1. The molecular weight excluding hydrogens is 332 g/mol. The number of rotatable bonds is 7. The molecule has 24 heavy (non-hydrogen) atoms. The number of carboxylic acids is 1. The summed E-state index contributed by atoms with van der Waals surface area (Å²) in [5, 5.41) is 9.29. The predicted molar refractivity (Wildman–Crippen MR) is 89.8 cm³/mol. The molecule has 136 valence electrons. The number of hydrogen-bond donors (Lipinski definition) is 2. The van der Waals surface area contributed by atoms with Crippen molar-refractivity contribution < 1.29 is 22.7 Å². The van der Waals surface area contributed by atoms with Gasteiger partial charge in [0.25, 0.3) is 0 Å². The Kier molecular flexibility index (Phi) is 6.06. The lowest BCUT2D eigenvalue weighted by Crippen LogP contribution is -2.45. The molecular formula is C16H26N2O5S. The molecule has 1 aliphatic heterocycles. The van der Waals surface area contributed by atoms with Gasteiger partial charge < -0.3 is 14.4 Å². The Morgan fingerprint density at radius 2 is 1.92 bits per heavy atom. The molecule has 1 fully saturated rings. The molecule has 2 N–H and O–H groups in total. The molecule has 0 amide bonds. The van der Waals surface area contributed by atoms with E-state index < -0.39 is 16.0 Å². The number of hydrogen-bond acceptors (Lipinski definition) is 5. The fourth-order valence-corrected chi connectivity index (χ4v) is 4.88. The van der Waals surface area contributed by atoms with Crippen LogP contribution >= 0.6 is 0 Å². The number of furan rings is 1. The minimum atomic E-state index is -3.92. The summed E-state index contributed by atoms with van der Waals surface area (Å²) in [6.45, 7) is 7.82. The maximum absolute atomic E-state index is 12.7. The first-order valence-electron chi connectivity index (χ1n) is 8.34. The summed E-state index contributed by atoms with van der Waals surface area (Å²) < 4.78 is 33.2. The number of aryl methyl sites for hydroxylation is 2. The van der Waals surface area contributed by atoms with E-state index in [-0.39, 0.29) is 28.0 Å². The van der Waals surface area contributed by atoms with Gasteiger partial charge in [-0.15, -0.1) is 0 Å². The Labute approximate surface area is 143 Å². The first-order chi connectivity index (χ1) is 11.3. The van der Waals surface area contributed by atoms with E-state index >= 15 is 0 Å². The van der Waals surface area contributed by atoms with E-state index in [2.05, 4.69) is 16.5 Å². The van der Waals surface area contributed by atoms with Gasteiger partial charge in [-0.1, -0.05) is 13.3 Å². The van der Waals surface area contributed by atoms with Crippen LogP contribution in [0.25, 0.3) is 0 Å². The first kappa shape index (κ1) is 19.0. The fraction of sp³-hybridized carbons (Fsp3) is 0.688. The minimum Gasteiger partial charge on any atom is -0.478 e. The number of nitrogens with one attached hydrogen (secondary N) is 1. The summed E-state index contributed by atoms with van der Waals surface area (Å²) in [7, 11) is -3.92. The quantitative estimate of drug-likeness (QED) is 0.774. The number of sulfonamides is 1. The summed E-state index contributed by atoms with van der Waals surface area (Å²) >= 11 is 0. The zero-order valence-corrected chi connectivity index (χ0v) is 15.3. The lowest BCUT2D eigenvalue weighted by atomic mass is 10.1. The highest BCUT2D eigenvalue weighted by Crippen LogP contribution is 2.27. The molecule has 1 aliphatic rings. The monoisotopic (exact) mass is 358 g/mol. The van der Waals surface area contributed by atoms with Crippen LogP contribution in [0, 0.1) is 13.8 Å². The van der Waals surface area contributed by atoms with E-state index in [4.69, 9.17) is 4.42 Å². The maximum Gasteiger partial charge on any atom is 0.340 e. The fourth-order valence-electron chi connectivity index (χ4n) is 3.17. The topological polar surface area (TPSA) is 99.9 Å². The highest BCUT2D eigenvalue weighted by molar-refractivity contribution is 7.89. The van der Waals surface area contributed by atoms with Crippen molar-refractivity contribution in [2.75, 3.05) is 19.6 Å². The molecule has 0 radical (unpaired) electrons. The lowest BCUT2D eigenvalue weighted by molar-refractivity contribution is 0.0691. The maximum atomic E-state index is 12.7. The number of aromatic carboxylic acids is 1. The van der Waals surface area contributed by atoms with E-state index in [1.807, 2.05) is 0 Å². The van der Waals surface area contributed by atoms with Gasteiger partial charge in [-0.2, -0.15) is 0 Å². The molecule has 0 bridgehead atoms. The Hall–Kier alpha value is -1.38. The third-order valence-corrected chi connectivity index (χ3v) is 6.10. The van der Waals surface area contributed by atoms with Gasteiger partial charge in [0.1, 0.15) is 22.0 Å². The second kappa shape index (κ2) is 7.67. The van der Waals surface area contributed by atoms with Gasteiger partial charge in [-0.25, -0.2) is 17.9 Å². The number of likely N-dealkylation sites (tertiary alicyclic amines) is 1. The van der Waals surface area contributed by atoms with Gasteiger partial charge in [-0.05, 0) is 52.7 Å². The Morgan fingerprint density at radius 3 is 2.46 bits per heavy atom. The van der Waals surface area contributed by atoms with E-state index in [1.165, 1.54) is 13.8 Å². The summed E-state index contributed by atoms with van der Waals surface area (Å²) in [6.07, 6.45) is 3.73. The second-order valence-corrected chi connectivity index (χ2v) is 7.97. The van der Waals surface area contributed by atoms with Crippen molar-refractivity contribution in [1.29, 1.82) is 0 Å². The van der Waals surface area contributed by atoms with E-state index in [1.54, 1.807) is 0 Å². The van der Waals surface area contributed by atoms with Gasteiger partial charge in [0.15, 0.2) is 0 Å². The van der Waals surface area contributed by atoms with Gasteiger partial charge in [-0.3, -0.25) is 0 Å². The van der Waals surface area contributed by atoms with Crippen molar-refractivity contribution in [1.82, 2.24) is 9.62 Å². The number of unbranched alkanes of at least 4 members (excludes halogenated alkanes) is 1. The van der Waals surface area contributed by atoms with Crippen LogP contribution in [0.5, 0.6) is 0 Å². The minimum absolute atomic E-state index is 0.106. The van der Waals surface area contributed by atoms with E-state index in [9.17, 15) is 18.3 Å². The third-order valence-electron chi connectivity index (χ3n) is 4.42. The highest BCUT2D eigenvalue weighted by Gasteiger charge is 2.33. The zero-order chi connectivity index (χ0) is 17.9.